The van der Waals surface area contributed by atoms with E-state index in [1.807, 2.05) is 42.5 Å². The smallest absolute Gasteiger partial charge is 0.408 e. The van der Waals surface area contributed by atoms with Gasteiger partial charge in [0, 0.05) is 25.0 Å². The molecular formula is C22H23ClN2O5. The molecule has 2 atom stereocenters. The maximum Gasteiger partial charge on any atom is 0.408 e. The Hall–Kier alpha value is -2.77. The van der Waals surface area contributed by atoms with Crippen LogP contribution in [0.15, 0.2) is 48.5 Å². The first-order valence-corrected chi connectivity index (χ1v) is 10.2. The van der Waals surface area contributed by atoms with Crippen LogP contribution in [0.25, 0.3) is 0 Å². The summed E-state index contributed by atoms with van der Waals surface area (Å²) in [5, 5.41) is 6.28. The van der Waals surface area contributed by atoms with E-state index in [2.05, 4.69) is 10.6 Å². The van der Waals surface area contributed by atoms with Crippen molar-refractivity contribution >= 4 is 23.6 Å². The highest BCUT2D eigenvalue weighted by Gasteiger charge is 2.45. The molecule has 1 saturated heterocycles. The number of hydrogen-bond acceptors (Lipinski definition) is 5. The predicted octanol–water partition coefficient (Wildman–Crippen LogP) is 3.37. The summed E-state index contributed by atoms with van der Waals surface area (Å²) in [7, 11) is 0. The first-order valence-electron chi connectivity index (χ1n) is 9.86. The van der Waals surface area contributed by atoms with E-state index in [0.29, 0.717) is 36.8 Å². The molecule has 7 nitrogen and oxygen atoms in total. The summed E-state index contributed by atoms with van der Waals surface area (Å²) in [6.45, 7) is 1.03. The monoisotopic (exact) mass is 430 g/mol. The van der Waals surface area contributed by atoms with Gasteiger partial charge in [-0.3, -0.25) is 4.79 Å². The van der Waals surface area contributed by atoms with E-state index >= 15 is 0 Å². The number of ether oxygens (including phenoxy) is 3. The zero-order valence-electron chi connectivity index (χ0n) is 16.4. The number of hydrogen-bond donors (Lipinski definition) is 2. The highest BCUT2D eigenvalue weighted by atomic mass is 35.5. The molecule has 8 heteroatoms. The maximum atomic E-state index is 13.2. The number of alkyl carbamates (subject to hydrolysis) is 1. The first kappa shape index (κ1) is 20.5. The van der Waals surface area contributed by atoms with Gasteiger partial charge in [-0.1, -0.05) is 54.1 Å². The van der Waals surface area contributed by atoms with Gasteiger partial charge in [-0.2, -0.15) is 0 Å². The van der Waals surface area contributed by atoms with Gasteiger partial charge in [-0.25, -0.2) is 4.79 Å². The van der Waals surface area contributed by atoms with Gasteiger partial charge in [-0.15, -0.1) is 0 Å². The molecule has 0 aromatic heterocycles. The lowest BCUT2D eigenvalue weighted by Crippen LogP contribution is -2.60. The van der Waals surface area contributed by atoms with Crippen molar-refractivity contribution in [1.82, 2.24) is 10.6 Å². The molecule has 30 heavy (non-hydrogen) atoms. The topological polar surface area (TPSA) is 85.9 Å². The van der Waals surface area contributed by atoms with Crippen molar-refractivity contribution in [3.63, 3.8) is 0 Å². The van der Waals surface area contributed by atoms with Gasteiger partial charge in [0.15, 0.2) is 0 Å². The predicted molar refractivity (Wildman–Crippen MR) is 110 cm³/mol. The third kappa shape index (κ3) is 4.37. The Bertz CT molecular complexity index is 915. The van der Waals surface area contributed by atoms with Gasteiger partial charge in [0.05, 0.1) is 24.3 Å². The molecule has 0 saturated carbocycles. The lowest BCUT2D eigenvalue weighted by atomic mass is 9.94. The molecule has 0 radical (unpaired) electrons. The molecule has 2 amide bonds. The summed E-state index contributed by atoms with van der Waals surface area (Å²) < 4.78 is 16.4. The van der Waals surface area contributed by atoms with E-state index in [1.165, 1.54) is 0 Å². The summed E-state index contributed by atoms with van der Waals surface area (Å²) in [6, 6.07) is 14.5. The Morgan fingerprint density at radius 2 is 1.97 bits per heavy atom. The van der Waals surface area contributed by atoms with Gasteiger partial charge in [0.25, 0.3) is 0 Å². The van der Waals surface area contributed by atoms with Crippen molar-refractivity contribution in [1.29, 1.82) is 0 Å². The fourth-order valence-corrected chi connectivity index (χ4v) is 3.92. The Kier molecular flexibility index (Phi) is 6.11. The lowest BCUT2D eigenvalue weighted by Gasteiger charge is -2.32. The number of fused-ring (bicyclic) bond motifs is 1. The molecule has 2 aliphatic heterocycles. The van der Waals surface area contributed by atoms with E-state index in [4.69, 9.17) is 25.8 Å². The molecule has 0 spiro atoms. The van der Waals surface area contributed by atoms with E-state index in [0.717, 1.165) is 11.1 Å². The Balaban J connectivity index is 1.43. The maximum absolute atomic E-state index is 13.2. The van der Waals surface area contributed by atoms with Crippen molar-refractivity contribution in [3.8, 4) is 5.75 Å². The average Bonchev–Trinajstić information content (AvgIpc) is 3.23. The van der Waals surface area contributed by atoms with Gasteiger partial charge >= 0.3 is 6.09 Å². The third-order valence-electron chi connectivity index (χ3n) is 5.34. The summed E-state index contributed by atoms with van der Waals surface area (Å²) in [5.74, 6) is 0.275. The summed E-state index contributed by atoms with van der Waals surface area (Å²) in [6.07, 6.45) is 0.314. The number of carbonyl (C=O) groups excluding carboxylic acids is 2. The highest BCUT2D eigenvalue weighted by molar-refractivity contribution is 6.32. The number of carbonyl (C=O) groups is 2. The van der Waals surface area contributed by atoms with Gasteiger partial charge in [0.2, 0.25) is 5.91 Å². The van der Waals surface area contributed by atoms with Crippen LogP contribution in [0.5, 0.6) is 5.75 Å². The minimum atomic E-state index is -1.18. The molecule has 2 aromatic rings. The number of rotatable bonds is 5. The minimum Gasteiger partial charge on any atom is -0.492 e. The van der Waals surface area contributed by atoms with E-state index in [9.17, 15) is 9.59 Å². The second-order valence-corrected chi connectivity index (χ2v) is 7.80. The largest absolute Gasteiger partial charge is 0.492 e. The molecule has 1 fully saturated rings. The fourth-order valence-electron chi connectivity index (χ4n) is 3.69. The number of amides is 2. The molecule has 158 valence electrons. The minimum absolute atomic E-state index is 0.0882. The van der Waals surface area contributed by atoms with Gasteiger partial charge in [-0.05, 0) is 11.6 Å². The summed E-state index contributed by atoms with van der Waals surface area (Å²) in [5.41, 5.74) is 0.512. The second kappa shape index (κ2) is 8.93. The van der Waals surface area contributed by atoms with Crippen LogP contribution in [-0.2, 0) is 20.9 Å². The van der Waals surface area contributed by atoms with Crippen LogP contribution in [-0.4, -0.2) is 37.4 Å². The Morgan fingerprint density at radius 3 is 2.73 bits per heavy atom. The summed E-state index contributed by atoms with van der Waals surface area (Å²) >= 11 is 6.22. The fraction of sp³-hybridized carbons (Fsp3) is 0.364. The molecule has 2 heterocycles. The number of benzene rings is 2. The summed E-state index contributed by atoms with van der Waals surface area (Å²) in [4.78, 5) is 25.6. The van der Waals surface area contributed by atoms with Crippen LogP contribution in [0, 0.1) is 0 Å². The standard InChI is InChI=1S/C22H23ClN2O5/c23-17-8-4-7-16-18(9-11-29-19(16)17)24-20(26)22(10-12-28-14-22)25-21(27)30-13-15-5-2-1-3-6-15/h1-8,18H,9-14H2,(H,24,26)(H,25,27)/t18-,22+/m1/s1. The third-order valence-corrected chi connectivity index (χ3v) is 5.64. The molecule has 0 aliphatic carbocycles. The number of nitrogens with one attached hydrogen (secondary N) is 2. The second-order valence-electron chi connectivity index (χ2n) is 7.39. The van der Waals surface area contributed by atoms with Crippen molar-refractivity contribution in [2.24, 2.45) is 0 Å². The average molecular weight is 431 g/mol. The quantitative estimate of drug-likeness (QED) is 0.759. The van der Waals surface area contributed by atoms with E-state index < -0.39 is 11.6 Å². The van der Waals surface area contributed by atoms with Crippen LogP contribution in [0.3, 0.4) is 0 Å². The SMILES string of the molecule is O=C(N[C@@]1(C(=O)N[C@@H]2CCOc3c(Cl)cccc32)CCOC1)OCc1ccccc1. The molecule has 2 aliphatic rings. The lowest BCUT2D eigenvalue weighted by molar-refractivity contribution is -0.128. The van der Waals surface area contributed by atoms with Crippen molar-refractivity contribution < 1.29 is 23.8 Å². The Morgan fingerprint density at radius 1 is 1.13 bits per heavy atom. The van der Waals surface area contributed by atoms with Crippen molar-refractivity contribution in [2.45, 2.75) is 31.0 Å². The molecular weight excluding hydrogens is 408 g/mol. The van der Waals surface area contributed by atoms with E-state index in [-0.39, 0.29) is 25.2 Å². The highest BCUT2D eigenvalue weighted by Crippen LogP contribution is 2.37. The molecule has 2 N–H and O–H groups in total. The first-order chi connectivity index (χ1) is 14.6. The molecule has 0 unspecified atom stereocenters. The number of halogens is 1. The van der Waals surface area contributed by atoms with Crippen LogP contribution >= 0.6 is 11.6 Å². The Labute approximate surface area is 179 Å². The van der Waals surface area contributed by atoms with Crippen LogP contribution in [0.4, 0.5) is 4.79 Å². The zero-order chi connectivity index (χ0) is 21.0. The van der Waals surface area contributed by atoms with Gasteiger partial charge < -0.3 is 24.8 Å². The van der Waals surface area contributed by atoms with E-state index in [1.54, 1.807) is 6.07 Å². The normalized spacial score (nSPS) is 22.5. The van der Waals surface area contributed by atoms with Crippen molar-refractivity contribution in [2.75, 3.05) is 19.8 Å². The van der Waals surface area contributed by atoms with Gasteiger partial charge in [0.1, 0.15) is 17.9 Å². The number of para-hydroxylation sites is 1. The van der Waals surface area contributed by atoms with Crippen LogP contribution in [0.2, 0.25) is 5.02 Å². The molecule has 0 bridgehead atoms. The van der Waals surface area contributed by atoms with Crippen LogP contribution in [0.1, 0.15) is 30.0 Å². The molecule has 4 rings (SSSR count). The zero-order valence-corrected chi connectivity index (χ0v) is 17.1. The molecule has 2 aromatic carbocycles. The van der Waals surface area contributed by atoms with Crippen LogP contribution < -0.4 is 15.4 Å². The van der Waals surface area contributed by atoms with Crippen molar-refractivity contribution in [3.05, 3.63) is 64.7 Å².